The Morgan fingerprint density at radius 2 is 2.12 bits per heavy atom. The van der Waals surface area contributed by atoms with Crippen LogP contribution in [0.5, 0.6) is 5.75 Å². The Balaban J connectivity index is 2.19. The second-order valence-corrected chi connectivity index (χ2v) is 4.32. The van der Waals surface area contributed by atoms with E-state index in [9.17, 15) is 10.2 Å². The lowest BCUT2D eigenvalue weighted by atomic mass is 9.94. The van der Waals surface area contributed by atoms with Gasteiger partial charge in [0, 0.05) is 17.8 Å². The van der Waals surface area contributed by atoms with Crippen LogP contribution in [0.1, 0.15) is 22.7 Å². The van der Waals surface area contributed by atoms with Gasteiger partial charge in [0.25, 0.3) is 0 Å². The maximum Gasteiger partial charge on any atom is 0.115 e. The number of benzene rings is 1. The molecule has 2 aromatic rings. The van der Waals surface area contributed by atoms with Crippen molar-refractivity contribution in [1.82, 2.24) is 4.98 Å². The average molecular weight is 231 g/mol. The lowest BCUT2D eigenvalue weighted by molar-refractivity contribution is 0.262. The molecule has 3 heteroatoms. The lowest BCUT2D eigenvalue weighted by Gasteiger charge is -2.14. The van der Waals surface area contributed by atoms with Gasteiger partial charge in [-0.3, -0.25) is 0 Å². The average Bonchev–Trinajstić information content (AvgIpc) is 2.81. The third-order valence-corrected chi connectivity index (χ3v) is 3.07. The number of aliphatic hydroxyl groups excluding tert-OH is 1. The van der Waals surface area contributed by atoms with Gasteiger partial charge in [-0.2, -0.15) is 0 Å². The van der Waals surface area contributed by atoms with Gasteiger partial charge < -0.3 is 15.2 Å². The maximum absolute atomic E-state index is 9.44. The van der Waals surface area contributed by atoms with Crippen molar-refractivity contribution < 1.29 is 10.2 Å². The number of aromatic hydroxyl groups is 1. The number of hydrogen-bond acceptors (Lipinski definition) is 2. The Bertz CT molecular complexity index is 477. The minimum Gasteiger partial charge on any atom is -0.508 e. The third kappa shape index (κ3) is 2.68. The van der Waals surface area contributed by atoms with Crippen LogP contribution in [-0.4, -0.2) is 21.8 Å². The van der Waals surface area contributed by atoms with Crippen molar-refractivity contribution in [3.63, 3.8) is 0 Å². The summed E-state index contributed by atoms with van der Waals surface area (Å²) in [6.45, 7) is 2.08. The Labute approximate surface area is 101 Å². The van der Waals surface area contributed by atoms with Gasteiger partial charge in [0.2, 0.25) is 0 Å². The molecule has 1 unspecified atom stereocenters. The zero-order chi connectivity index (χ0) is 12.3. The second-order valence-electron chi connectivity index (χ2n) is 4.32. The Kier molecular flexibility index (Phi) is 3.49. The van der Waals surface area contributed by atoms with Gasteiger partial charge in [0.1, 0.15) is 5.75 Å². The van der Waals surface area contributed by atoms with Crippen molar-refractivity contribution in [1.29, 1.82) is 0 Å². The summed E-state index contributed by atoms with van der Waals surface area (Å²) in [6.07, 6.45) is 2.63. The van der Waals surface area contributed by atoms with E-state index in [1.165, 1.54) is 0 Å². The molecule has 17 heavy (non-hydrogen) atoms. The van der Waals surface area contributed by atoms with Crippen LogP contribution in [0.3, 0.4) is 0 Å². The van der Waals surface area contributed by atoms with Gasteiger partial charge in [0.15, 0.2) is 0 Å². The van der Waals surface area contributed by atoms with E-state index in [1.54, 1.807) is 12.1 Å². The van der Waals surface area contributed by atoms with Crippen molar-refractivity contribution in [2.24, 2.45) is 0 Å². The van der Waals surface area contributed by atoms with Crippen LogP contribution < -0.4 is 0 Å². The summed E-state index contributed by atoms with van der Waals surface area (Å²) in [7, 11) is 0. The van der Waals surface area contributed by atoms with Crippen molar-refractivity contribution in [2.45, 2.75) is 19.3 Å². The molecule has 0 spiro atoms. The fourth-order valence-electron chi connectivity index (χ4n) is 2.05. The van der Waals surface area contributed by atoms with Crippen LogP contribution in [0.4, 0.5) is 0 Å². The number of aromatic amines is 1. The number of aliphatic hydroxyl groups is 1. The molecule has 1 aromatic heterocycles. The van der Waals surface area contributed by atoms with Gasteiger partial charge in [0.05, 0.1) is 6.61 Å². The molecule has 3 nitrogen and oxygen atoms in total. The van der Waals surface area contributed by atoms with E-state index in [0.29, 0.717) is 0 Å². The van der Waals surface area contributed by atoms with Gasteiger partial charge in [-0.05, 0) is 48.7 Å². The van der Waals surface area contributed by atoms with E-state index in [-0.39, 0.29) is 18.3 Å². The van der Waals surface area contributed by atoms with E-state index < -0.39 is 0 Å². The van der Waals surface area contributed by atoms with Crippen LogP contribution in [0.15, 0.2) is 36.5 Å². The first-order chi connectivity index (χ1) is 8.20. The molecule has 3 N–H and O–H groups in total. The molecule has 1 aromatic carbocycles. The largest absolute Gasteiger partial charge is 0.508 e. The zero-order valence-electron chi connectivity index (χ0n) is 9.85. The highest BCUT2D eigenvalue weighted by atomic mass is 16.3. The minimum absolute atomic E-state index is 0.0771. The van der Waals surface area contributed by atoms with Gasteiger partial charge in [-0.15, -0.1) is 0 Å². The molecular formula is C14H17NO2. The normalized spacial score (nSPS) is 12.6. The van der Waals surface area contributed by atoms with Crippen LogP contribution in [0.25, 0.3) is 0 Å². The summed E-state index contributed by atoms with van der Waals surface area (Å²) >= 11 is 0. The molecule has 0 bridgehead atoms. The Morgan fingerprint density at radius 1 is 1.29 bits per heavy atom. The molecule has 1 heterocycles. The molecule has 0 saturated heterocycles. The number of hydrogen-bond donors (Lipinski definition) is 3. The highest BCUT2D eigenvalue weighted by Crippen LogP contribution is 2.23. The summed E-state index contributed by atoms with van der Waals surface area (Å²) in [5.74, 6) is 0.361. The summed E-state index contributed by atoms with van der Waals surface area (Å²) in [5, 5.41) is 18.8. The molecule has 0 fully saturated rings. The van der Waals surface area contributed by atoms with E-state index in [2.05, 4.69) is 4.98 Å². The number of rotatable bonds is 4. The molecular weight excluding hydrogens is 214 g/mol. The van der Waals surface area contributed by atoms with E-state index in [1.807, 2.05) is 31.3 Å². The molecule has 0 aliphatic heterocycles. The smallest absolute Gasteiger partial charge is 0.115 e. The minimum atomic E-state index is 0.0771. The number of aryl methyl sites for hydroxylation is 1. The molecule has 2 rings (SSSR count). The molecule has 0 amide bonds. The molecule has 0 aliphatic carbocycles. The number of aromatic nitrogens is 1. The second kappa shape index (κ2) is 5.06. The lowest BCUT2D eigenvalue weighted by Crippen LogP contribution is -2.09. The van der Waals surface area contributed by atoms with E-state index in [4.69, 9.17) is 0 Å². The first kappa shape index (κ1) is 11.7. The van der Waals surface area contributed by atoms with Crippen molar-refractivity contribution in [2.75, 3.05) is 6.61 Å². The zero-order valence-corrected chi connectivity index (χ0v) is 9.85. The van der Waals surface area contributed by atoms with Crippen LogP contribution in [-0.2, 0) is 6.42 Å². The fraction of sp³-hybridized carbons (Fsp3) is 0.286. The highest BCUT2D eigenvalue weighted by Gasteiger charge is 2.13. The van der Waals surface area contributed by atoms with Gasteiger partial charge in [-0.1, -0.05) is 6.07 Å². The molecule has 1 atom stereocenters. The number of H-pyrrole nitrogens is 1. The van der Waals surface area contributed by atoms with E-state index in [0.717, 1.165) is 23.2 Å². The van der Waals surface area contributed by atoms with Crippen LogP contribution in [0, 0.1) is 6.92 Å². The summed E-state index contributed by atoms with van der Waals surface area (Å²) in [5.41, 5.74) is 3.24. The predicted octanol–water partition coefficient (Wildman–Crippen LogP) is 2.35. The van der Waals surface area contributed by atoms with Crippen molar-refractivity contribution >= 4 is 0 Å². The standard InChI is InChI=1S/C14H17NO2/c1-10-7-13(17)5-4-11(10)8-12(9-16)14-3-2-6-15-14/h2-7,12,15-17H,8-9H2,1H3. The first-order valence-electron chi connectivity index (χ1n) is 5.73. The Morgan fingerprint density at radius 3 is 2.71 bits per heavy atom. The van der Waals surface area contributed by atoms with Crippen molar-refractivity contribution in [3.05, 3.63) is 53.3 Å². The molecule has 0 aliphatic rings. The summed E-state index contributed by atoms with van der Waals surface area (Å²) in [4.78, 5) is 3.13. The number of nitrogens with one attached hydrogen (secondary N) is 1. The Hall–Kier alpha value is -1.74. The summed E-state index contributed by atoms with van der Waals surface area (Å²) < 4.78 is 0. The topological polar surface area (TPSA) is 56.2 Å². The molecule has 0 saturated carbocycles. The monoisotopic (exact) mass is 231 g/mol. The van der Waals surface area contributed by atoms with Gasteiger partial charge >= 0.3 is 0 Å². The third-order valence-electron chi connectivity index (χ3n) is 3.07. The molecule has 90 valence electrons. The highest BCUT2D eigenvalue weighted by molar-refractivity contribution is 5.35. The van der Waals surface area contributed by atoms with Crippen LogP contribution in [0.2, 0.25) is 0 Å². The van der Waals surface area contributed by atoms with Crippen molar-refractivity contribution in [3.8, 4) is 5.75 Å². The fourth-order valence-corrected chi connectivity index (χ4v) is 2.05. The summed E-state index contributed by atoms with van der Waals surface area (Å²) in [6, 6.07) is 9.26. The molecule has 0 radical (unpaired) electrons. The number of phenolic OH excluding ortho intramolecular Hbond substituents is 1. The number of phenols is 1. The van der Waals surface area contributed by atoms with Gasteiger partial charge in [-0.25, -0.2) is 0 Å². The quantitative estimate of drug-likeness (QED) is 0.756. The SMILES string of the molecule is Cc1cc(O)ccc1CC(CO)c1ccc[nH]1. The van der Waals surface area contributed by atoms with E-state index >= 15 is 0 Å². The first-order valence-corrected chi connectivity index (χ1v) is 5.73. The maximum atomic E-state index is 9.44. The van der Waals surface area contributed by atoms with Crippen LogP contribution >= 0.6 is 0 Å². The predicted molar refractivity (Wildman–Crippen MR) is 67.2 cm³/mol.